The van der Waals surface area contributed by atoms with Crippen molar-refractivity contribution in [1.29, 1.82) is 0 Å². The van der Waals surface area contributed by atoms with E-state index in [9.17, 15) is 0 Å². The zero-order valence-electron chi connectivity index (χ0n) is 5.67. The molecule has 0 atom stereocenters. The third-order valence-corrected chi connectivity index (χ3v) is 1.71. The van der Waals surface area contributed by atoms with Gasteiger partial charge in [0.1, 0.15) is 0 Å². The lowest BCUT2D eigenvalue weighted by Gasteiger charge is -2.10. The topological polar surface area (TPSA) is 12.0 Å². The van der Waals surface area contributed by atoms with Crippen molar-refractivity contribution < 1.29 is 0 Å². The quantitative estimate of drug-likeness (QED) is 0.507. The number of anilines is 1. The first-order chi connectivity index (χ1) is 4.97. The summed E-state index contributed by atoms with van der Waals surface area (Å²) in [6.07, 6.45) is 1.99. The van der Waals surface area contributed by atoms with Crippen LogP contribution in [-0.2, 0) is 0 Å². The first-order valence-corrected chi connectivity index (χ1v) is 3.46. The SMILES string of the molecule is B1C=CNc2ccccc21. The molecule has 0 saturated carbocycles. The van der Waals surface area contributed by atoms with Crippen LogP contribution in [0.25, 0.3) is 0 Å². The minimum Gasteiger partial charge on any atom is -0.363 e. The molecule has 1 aromatic rings. The maximum atomic E-state index is 3.18. The number of hydrogen-bond acceptors (Lipinski definition) is 1. The smallest absolute Gasteiger partial charge is 0.187 e. The zero-order valence-corrected chi connectivity index (χ0v) is 5.67. The Morgan fingerprint density at radius 3 is 3.00 bits per heavy atom. The van der Waals surface area contributed by atoms with Gasteiger partial charge in [-0.1, -0.05) is 29.6 Å². The van der Waals surface area contributed by atoms with Crippen LogP contribution < -0.4 is 10.8 Å². The van der Waals surface area contributed by atoms with E-state index < -0.39 is 0 Å². The highest BCUT2D eigenvalue weighted by Gasteiger charge is 2.01. The van der Waals surface area contributed by atoms with Crippen LogP contribution in [0.15, 0.2) is 36.4 Å². The lowest BCUT2D eigenvalue weighted by Crippen LogP contribution is -2.19. The molecule has 0 fully saturated rings. The summed E-state index contributed by atoms with van der Waals surface area (Å²) in [5.74, 6) is 2.13. The van der Waals surface area contributed by atoms with Gasteiger partial charge in [0, 0.05) is 5.69 Å². The van der Waals surface area contributed by atoms with Crippen molar-refractivity contribution in [1.82, 2.24) is 0 Å². The number of rotatable bonds is 0. The molecule has 1 N–H and O–H groups in total. The van der Waals surface area contributed by atoms with Crippen LogP contribution in [0.4, 0.5) is 5.69 Å². The normalized spacial score (nSPS) is 13.2. The van der Waals surface area contributed by atoms with Crippen LogP contribution in [0.3, 0.4) is 0 Å². The van der Waals surface area contributed by atoms with E-state index in [4.69, 9.17) is 0 Å². The van der Waals surface area contributed by atoms with Gasteiger partial charge in [0.2, 0.25) is 0 Å². The second-order valence-corrected chi connectivity index (χ2v) is 2.41. The Kier molecular flexibility index (Phi) is 1.24. The Morgan fingerprint density at radius 1 is 1.20 bits per heavy atom. The lowest BCUT2D eigenvalue weighted by molar-refractivity contribution is 1.61. The largest absolute Gasteiger partial charge is 0.363 e. The molecule has 1 aliphatic heterocycles. The molecule has 0 aromatic heterocycles. The predicted octanol–water partition coefficient (Wildman–Crippen LogP) is 0.645. The molecule has 0 saturated heterocycles. The van der Waals surface area contributed by atoms with E-state index in [1.165, 1.54) is 11.2 Å². The van der Waals surface area contributed by atoms with Crippen LogP contribution in [-0.4, -0.2) is 7.28 Å². The molecule has 0 aliphatic carbocycles. The second kappa shape index (κ2) is 2.22. The Bertz CT molecular complexity index is 241. The van der Waals surface area contributed by atoms with Crippen molar-refractivity contribution >= 4 is 18.4 Å². The van der Waals surface area contributed by atoms with Gasteiger partial charge in [-0.15, -0.1) is 0 Å². The molecular formula is C8H8BN. The molecule has 1 aliphatic rings. The second-order valence-electron chi connectivity index (χ2n) is 2.41. The maximum absolute atomic E-state index is 3.18. The maximum Gasteiger partial charge on any atom is 0.187 e. The molecule has 10 heavy (non-hydrogen) atoms. The summed E-state index contributed by atoms with van der Waals surface area (Å²) in [4.78, 5) is 0. The third-order valence-electron chi connectivity index (χ3n) is 1.71. The van der Waals surface area contributed by atoms with E-state index in [0.29, 0.717) is 0 Å². The van der Waals surface area contributed by atoms with E-state index in [2.05, 4.69) is 29.5 Å². The number of benzene rings is 1. The Hall–Kier alpha value is -1.18. The molecule has 0 amide bonds. The summed E-state index contributed by atoms with van der Waals surface area (Å²) >= 11 is 0. The van der Waals surface area contributed by atoms with E-state index in [-0.39, 0.29) is 0 Å². The average molecular weight is 129 g/mol. The van der Waals surface area contributed by atoms with Crippen molar-refractivity contribution in [2.75, 3.05) is 5.32 Å². The number of para-hydroxylation sites is 1. The molecule has 0 spiro atoms. The van der Waals surface area contributed by atoms with Gasteiger partial charge in [-0.25, -0.2) is 0 Å². The zero-order chi connectivity index (χ0) is 6.81. The van der Waals surface area contributed by atoms with Crippen molar-refractivity contribution in [3.8, 4) is 0 Å². The van der Waals surface area contributed by atoms with E-state index in [1.807, 2.05) is 12.3 Å². The Balaban J connectivity index is 2.47. The molecule has 2 heteroatoms. The van der Waals surface area contributed by atoms with Crippen LogP contribution in [0.2, 0.25) is 0 Å². The van der Waals surface area contributed by atoms with Crippen LogP contribution in [0.5, 0.6) is 0 Å². The lowest BCUT2D eigenvalue weighted by atomic mass is 9.68. The molecule has 0 unspecified atom stereocenters. The molecule has 1 heterocycles. The fraction of sp³-hybridized carbons (Fsp3) is 0. The average Bonchev–Trinajstić information content (AvgIpc) is 2.05. The van der Waals surface area contributed by atoms with Crippen molar-refractivity contribution in [3.63, 3.8) is 0 Å². The molecule has 1 nitrogen and oxygen atoms in total. The van der Waals surface area contributed by atoms with Crippen molar-refractivity contribution in [2.24, 2.45) is 0 Å². The monoisotopic (exact) mass is 129 g/mol. The molecule has 0 bridgehead atoms. The highest BCUT2D eigenvalue weighted by Crippen LogP contribution is 2.04. The van der Waals surface area contributed by atoms with Crippen molar-refractivity contribution in [2.45, 2.75) is 0 Å². The van der Waals surface area contributed by atoms with Gasteiger partial charge in [-0.05, 0) is 12.3 Å². The van der Waals surface area contributed by atoms with Gasteiger partial charge >= 0.3 is 0 Å². The summed E-state index contributed by atoms with van der Waals surface area (Å²) in [5.41, 5.74) is 2.62. The Morgan fingerprint density at radius 2 is 2.10 bits per heavy atom. The molecule has 0 radical (unpaired) electrons. The van der Waals surface area contributed by atoms with Gasteiger partial charge in [0.05, 0.1) is 0 Å². The summed E-state index contributed by atoms with van der Waals surface area (Å²) < 4.78 is 0. The number of nitrogens with one attached hydrogen (secondary N) is 1. The standard InChI is InChI=1S/C8H8BN/c1-2-4-8-7(3-1)9-5-6-10-8/h1-6,9-10H. The summed E-state index contributed by atoms with van der Waals surface area (Å²) in [7, 11) is 1.06. The molecular weight excluding hydrogens is 121 g/mol. The summed E-state index contributed by atoms with van der Waals surface area (Å²) in [6.45, 7) is 0. The van der Waals surface area contributed by atoms with Gasteiger partial charge in [0.15, 0.2) is 7.28 Å². The van der Waals surface area contributed by atoms with Gasteiger partial charge in [-0.2, -0.15) is 0 Å². The third kappa shape index (κ3) is 0.818. The van der Waals surface area contributed by atoms with Crippen molar-refractivity contribution in [3.05, 3.63) is 36.4 Å². The van der Waals surface area contributed by atoms with Crippen LogP contribution >= 0.6 is 0 Å². The number of fused-ring (bicyclic) bond motifs is 1. The first-order valence-electron chi connectivity index (χ1n) is 3.46. The highest BCUT2D eigenvalue weighted by atomic mass is 14.8. The molecule has 48 valence electrons. The Labute approximate surface area is 61.0 Å². The van der Waals surface area contributed by atoms with E-state index in [1.54, 1.807) is 0 Å². The van der Waals surface area contributed by atoms with Crippen LogP contribution in [0.1, 0.15) is 0 Å². The first kappa shape index (κ1) is 5.60. The van der Waals surface area contributed by atoms with Crippen LogP contribution in [0, 0.1) is 0 Å². The summed E-state index contributed by atoms with van der Waals surface area (Å²) in [6, 6.07) is 8.36. The highest BCUT2D eigenvalue weighted by molar-refractivity contribution is 6.61. The molecule has 2 rings (SSSR count). The summed E-state index contributed by atoms with van der Waals surface area (Å²) in [5, 5.41) is 3.18. The van der Waals surface area contributed by atoms with Gasteiger partial charge in [0.25, 0.3) is 0 Å². The predicted molar refractivity (Wildman–Crippen MR) is 46.0 cm³/mol. The molecule has 1 aromatic carbocycles. The minimum atomic E-state index is 1.06. The van der Waals surface area contributed by atoms with Gasteiger partial charge in [-0.3, -0.25) is 0 Å². The van der Waals surface area contributed by atoms with Gasteiger partial charge < -0.3 is 5.32 Å². The number of hydrogen-bond donors (Lipinski definition) is 1. The van der Waals surface area contributed by atoms with E-state index >= 15 is 0 Å². The fourth-order valence-corrected chi connectivity index (χ4v) is 1.17. The fourth-order valence-electron chi connectivity index (χ4n) is 1.17. The van der Waals surface area contributed by atoms with E-state index in [0.717, 1.165) is 7.28 Å². The minimum absolute atomic E-state index is 1.06.